The summed E-state index contributed by atoms with van der Waals surface area (Å²) >= 11 is 6.05. The van der Waals surface area contributed by atoms with Crippen molar-refractivity contribution in [1.82, 2.24) is 9.78 Å². The lowest BCUT2D eigenvalue weighted by Gasteiger charge is -2.08. The number of aromatic nitrogens is 2. The average Bonchev–Trinajstić information content (AvgIpc) is 3.41. The minimum Gasteiger partial charge on any atom is -0.479 e. The summed E-state index contributed by atoms with van der Waals surface area (Å²) in [5.74, 6) is -9.19. The van der Waals surface area contributed by atoms with Crippen molar-refractivity contribution >= 4 is 23.3 Å². The van der Waals surface area contributed by atoms with Crippen LogP contribution in [0.2, 0.25) is 5.02 Å². The molecule has 0 atom stereocenters. The number of nitrogens with zero attached hydrogens (tertiary/aromatic N) is 2. The van der Waals surface area contributed by atoms with Crippen molar-refractivity contribution in [3.63, 3.8) is 0 Å². The largest absolute Gasteiger partial charge is 0.479 e. The molecule has 2 aromatic heterocycles. The van der Waals surface area contributed by atoms with E-state index in [1.807, 2.05) is 0 Å². The van der Waals surface area contributed by atoms with Crippen LogP contribution < -0.4 is 10.1 Å². The Balaban J connectivity index is 1.42. The molecule has 0 bridgehead atoms. The Morgan fingerprint density at radius 2 is 1.77 bits per heavy atom. The molecule has 0 aliphatic carbocycles. The first kappa shape index (κ1) is 24.3. The molecule has 1 amide bonds. The number of halogens is 6. The number of anilines is 1. The molecule has 0 aliphatic heterocycles. The Morgan fingerprint density at radius 1 is 1.06 bits per heavy atom. The third-order valence-electron chi connectivity index (χ3n) is 4.91. The van der Waals surface area contributed by atoms with Gasteiger partial charge in [0, 0.05) is 28.4 Å². The van der Waals surface area contributed by atoms with Gasteiger partial charge in [-0.15, -0.1) is 0 Å². The fourth-order valence-corrected chi connectivity index (χ4v) is 3.36. The SMILES string of the molecule is Cc1cc(NC(=O)c2ccc(COc3c(F)c(F)cc(F)c3F)o2)nn1Cc1c(F)cccc1Cl. The van der Waals surface area contributed by atoms with Gasteiger partial charge in [-0.1, -0.05) is 17.7 Å². The number of aryl methyl sites for hydroxylation is 1. The summed E-state index contributed by atoms with van der Waals surface area (Å²) in [4.78, 5) is 12.5. The van der Waals surface area contributed by atoms with E-state index in [9.17, 15) is 26.7 Å². The van der Waals surface area contributed by atoms with E-state index in [2.05, 4.69) is 10.4 Å². The van der Waals surface area contributed by atoms with Crippen LogP contribution in [0.1, 0.15) is 27.6 Å². The van der Waals surface area contributed by atoms with Crippen LogP contribution in [0.5, 0.6) is 5.75 Å². The van der Waals surface area contributed by atoms with Crippen molar-refractivity contribution in [2.75, 3.05) is 5.32 Å². The number of hydrogen-bond donors (Lipinski definition) is 1. The molecule has 4 aromatic rings. The molecule has 0 radical (unpaired) electrons. The highest BCUT2D eigenvalue weighted by molar-refractivity contribution is 6.31. The second-order valence-electron chi connectivity index (χ2n) is 7.33. The van der Waals surface area contributed by atoms with Gasteiger partial charge in [-0.05, 0) is 31.2 Å². The second-order valence-corrected chi connectivity index (χ2v) is 7.74. The van der Waals surface area contributed by atoms with Crippen LogP contribution in [0.3, 0.4) is 0 Å². The third-order valence-corrected chi connectivity index (χ3v) is 5.26. The molecular formula is C23H15ClF5N3O3. The van der Waals surface area contributed by atoms with E-state index >= 15 is 0 Å². The summed E-state index contributed by atoms with van der Waals surface area (Å²) in [6.07, 6.45) is 0. The smallest absolute Gasteiger partial charge is 0.292 e. The van der Waals surface area contributed by atoms with Crippen LogP contribution in [-0.2, 0) is 13.2 Å². The van der Waals surface area contributed by atoms with Crippen LogP contribution in [0.4, 0.5) is 27.8 Å². The fourth-order valence-electron chi connectivity index (χ4n) is 3.14. The van der Waals surface area contributed by atoms with E-state index in [4.69, 9.17) is 20.8 Å². The van der Waals surface area contributed by atoms with Crippen molar-refractivity contribution in [3.05, 3.63) is 99.4 Å². The summed E-state index contributed by atoms with van der Waals surface area (Å²) in [5.41, 5.74) is 0.847. The molecule has 6 nitrogen and oxygen atoms in total. The van der Waals surface area contributed by atoms with E-state index < -0.39 is 47.3 Å². The van der Waals surface area contributed by atoms with Crippen molar-refractivity contribution in [1.29, 1.82) is 0 Å². The minimum atomic E-state index is -1.70. The predicted molar refractivity (Wildman–Crippen MR) is 115 cm³/mol. The number of carbonyl (C=O) groups is 1. The van der Waals surface area contributed by atoms with E-state index in [0.29, 0.717) is 5.69 Å². The van der Waals surface area contributed by atoms with Gasteiger partial charge in [-0.2, -0.15) is 13.9 Å². The maximum atomic E-state index is 14.1. The first-order chi connectivity index (χ1) is 16.6. The van der Waals surface area contributed by atoms with Gasteiger partial charge in [0.15, 0.2) is 29.0 Å². The first-order valence-electron chi connectivity index (χ1n) is 9.97. The minimum absolute atomic E-state index is 0.0310. The Bertz CT molecular complexity index is 1370. The van der Waals surface area contributed by atoms with E-state index in [1.165, 1.54) is 28.9 Å². The summed E-state index contributed by atoms with van der Waals surface area (Å²) in [5, 5.41) is 6.95. The molecule has 0 fully saturated rings. The van der Waals surface area contributed by atoms with Crippen molar-refractivity contribution in [2.24, 2.45) is 0 Å². The molecule has 2 aromatic carbocycles. The molecule has 4 rings (SSSR count). The molecule has 35 heavy (non-hydrogen) atoms. The molecular weight excluding hydrogens is 497 g/mol. The Hall–Kier alpha value is -3.86. The number of amides is 1. The van der Waals surface area contributed by atoms with Crippen molar-refractivity contribution in [3.8, 4) is 5.75 Å². The molecule has 0 saturated heterocycles. The number of hydrogen-bond acceptors (Lipinski definition) is 4. The molecule has 0 aliphatic rings. The predicted octanol–water partition coefficient (Wildman–Crippen LogP) is 6.01. The number of rotatable bonds is 7. The zero-order valence-corrected chi connectivity index (χ0v) is 18.6. The molecule has 2 heterocycles. The first-order valence-corrected chi connectivity index (χ1v) is 10.3. The van der Waals surface area contributed by atoms with Gasteiger partial charge >= 0.3 is 0 Å². The number of nitrogens with one attached hydrogen (secondary N) is 1. The molecule has 182 valence electrons. The normalized spacial score (nSPS) is 11.1. The van der Waals surface area contributed by atoms with Crippen molar-refractivity contribution < 1.29 is 35.9 Å². The highest BCUT2D eigenvalue weighted by Gasteiger charge is 2.22. The van der Waals surface area contributed by atoms with Gasteiger partial charge < -0.3 is 14.5 Å². The van der Waals surface area contributed by atoms with Crippen LogP contribution in [-0.4, -0.2) is 15.7 Å². The number of furan rings is 1. The Labute approximate surface area is 199 Å². The maximum Gasteiger partial charge on any atom is 0.292 e. The van der Waals surface area contributed by atoms with E-state index in [-0.39, 0.29) is 40.5 Å². The van der Waals surface area contributed by atoms with Gasteiger partial charge in [0.2, 0.25) is 11.6 Å². The third kappa shape index (κ3) is 5.14. The zero-order valence-electron chi connectivity index (χ0n) is 17.8. The lowest BCUT2D eigenvalue weighted by atomic mass is 10.2. The van der Waals surface area contributed by atoms with Gasteiger partial charge in [0.25, 0.3) is 5.91 Å². The summed E-state index contributed by atoms with van der Waals surface area (Å²) < 4.78 is 79.6. The molecule has 1 N–H and O–H groups in total. The van der Waals surface area contributed by atoms with Gasteiger partial charge in [0.1, 0.15) is 18.2 Å². The Kier molecular flexibility index (Phi) is 6.79. The highest BCUT2D eigenvalue weighted by atomic mass is 35.5. The summed E-state index contributed by atoms with van der Waals surface area (Å²) in [6.45, 7) is 1.12. The van der Waals surface area contributed by atoms with Crippen LogP contribution in [0, 0.1) is 36.0 Å². The Morgan fingerprint density at radius 3 is 2.46 bits per heavy atom. The maximum absolute atomic E-state index is 14.1. The number of benzene rings is 2. The lowest BCUT2D eigenvalue weighted by molar-refractivity contribution is 0.0991. The summed E-state index contributed by atoms with van der Waals surface area (Å²) in [6, 6.07) is 8.45. The van der Waals surface area contributed by atoms with Gasteiger partial charge in [-0.3, -0.25) is 9.48 Å². The summed E-state index contributed by atoms with van der Waals surface area (Å²) in [7, 11) is 0. The monoisotopic (exact) mass is 511 g/mol. The molecule has 0 saturated carbocycles. The van der Waals surface area contributed by atoms with E-state index in [1.54, 1.807) is 19.1 Å². The van der Waals surface area contributed by atoms with Crippen LogP contribution in [0.15, 0.2) is 46.9 Å². The molecule has 0 unspecified atom stereocenters. The lowest BCUT2D eigenvalue weighted by Crippen LogP contribution is -2.12. The van der Waals surface area contributed by atoms with Crippen LogP contribution in [0.25, 0.3) is 0 Å². The van der Waals surface area contributed by atoms with E-state index in [0.717, 1.165) is 0 Å². The average molecular weight is 512 g/mol. The molecule has 0 spiro atoms. The number of ether oxygens (including phenoxy) is 1. The van der Waals surface area contributed by atoms with Crippen LogP contribution >= 0.6 is 11.6 Å². The van der Waals surface area contributed by atoms with Gasteiger partial charge in [0.05, 0.1) is 6.54 Å². The number of carbonyl (C=O) groups excluding carboxylic acids is 1. The standard InChI is InChI=1S/C23H15ClF5N3O3/c1-11-7-19(31-32(11)9-13-14(24)3-2-4-15(13)25)30-23(33)18-6-5-12(35-18)10-34-22-20(28)16(26)8-17(27)21(22)29/h2-8H,9-10H2,1H3,(H,30,31,33). The zero-order chi connectivity index (χ0) is 25.3. The highest BCUT2D eigenvalue weighted by Crippen LogP contribution is 2.27. The fraction of sp³-hybridized carbons (Fsp3) is 0.130. The quantitative estimate of drug-likeness (QED) is 0.244. The molecule has 12 heteroatoms. The van der Waals surface area contributed by atoms with Gasteiger partial charge in [-0.25, -0.2) is 13.2 Å². The second kappa shape index (κ2) is 9.79. The van der Waals surface area contributed by atoms with Crippen molar-refractivity contribution in [2.45, 2.75) is 20.1 Å². The topological polar surface area (TPSA) is 69.3 Å².